The molecule has 19 heavy (non-hydrogen) atoms. The van der Waals surface area contributed by atoms with E-state index in [4.69, 9.17) is 0 Å². The summed E-state index contributed by atoms with van der Waals surface area (Å²) < 4.78 is 25.9. The summed E-state index contributed by atoms with van der Waals surface area (Å²) in [5, 5.41) is 0. The van der Waals surface area contributed by atoms with Gasteiger partial charge in [0, 0.05) is 12.6 Å². The van der Waals surface area contributed by atoms with Crippen LogP contribution in [-0.4, -0.2) is 19.3 Å². The van der Waals surface area contributed by atoms with Crippen LogP contribution in [0.1, 0.15) is 12.0 Å². The van der Waals surface area contributed by atoms with E-state index in [-0.39, 0.29) is 11.4 Å². The third kappa shape index (κ3) is 4.01. The van der Waals surface area contributed by atoms with Crippen molar-refractivity contribution >= 4 is 10.0 Å². The summed E-state index contributed by atoms with van der Waals surface area (Å²) in [6, 6.07) is 9.28. The van der Waals surface area contributed by atoms with E-state index in [0.29, 0.717) is 6.42 Å². The largest absolute Gasteiger partial charge is 0.270 e. The maximum Gasteiger partial charge on any atom is 0.270 e. The van der Waals surface area contributed by atoms with Crippen LogP contribution in [-0.2, 0) is 10.0 Å². The van der Waals surface area contributed by atoms with E-state index in [0.717, 1.165) is 9.87 Å². The predicted octanol–water partition coefficient (Wildman–Crippen LogP) is 2.71. The van der Waals surface area contributed by atoms with Gasteiger partial charge in [0.25, 0.3) is 10.0 Å². The van der Waals surface area contributed by atoms with Gasteiger partial charge in [0.15, 0.2) is 0 Å². The second-order valence-electron chi connectivity index (χ2n) is 3.93. The molecule has 0 aliphatic carbocycles. The Labute approximate surface area is 115 Å². The third-order valence-electron chi connectivity index (χ3n) is 2.44. The van der Waals surface area contributed by atoms with Crippen molar-refractivity contribution in [2.45, 2.75) is 18.2 Å². The van der Waals surface area contributed by atoms with Gasteiger partial charge in [-0.2, -0.15) is 0 Å². The number of hydrogen-bond donors (Lipinski definition) is 0. The number of allylic oxidation sites excluding steroid dienone is 1. The Morgan fingerprint density at radius 2 is 1.89 bits per heavy atom. The lowest BCUT2D eigenvalue weighted by atomic mass is 10.2. The molecular weight excluding hydrogens is 258 g/mol. The Morgan fingerprint density at radius 1 is 1.26 bits per heavy atom. The van der Waals surface area contributed by atoms with Crippen molar-refractivity contribution in [3.8, 4) is 12.0 Å². The molecule has 0 spiro atoms. The molecule has 0 amide bonds. The molecule has 0 heterocycles. The molecule has 0 aromatic heterocycles. The molecule has 1 rings (SSSR count). The van der Waals surface area contributed by atoms with Gasteiger partial charge in [0.05, 0.1) is 4.90 Å². The molecule has 0 unspecified atom stereocenters. The van der Waals surface area contributed by atoms with Crippen LogP contribution in [0.25, 0.3) is 0 Å². The first kappa shape index (κ1) is 15.1. The molecule has 0 radical (unpaired) electrons. The summed E-state index contributed by atoms with van der Waals surface area (Å²) in [7, 11) is -3.60. The summed E-state index contributed by atoms with van der Waals surface area (Å²) in [5.74, 6) is 2.57. The summed E-state index contributed by atoms with van der Waals surface area (Å²) in [4.78, 5) is 0.237. The normalized spacial score (nSPS) is 10.2. The van der Waals surface area contributed by atoms with E-state index < -0.39 is 10.0 Å². The van der Waals surface area contributed by atoms with Crippen LogP contribution in [0.15, 0.2) is 54.5 Å². The van der Waals surface area contributed by atoms with Crippen LogP contribution >= 0.6 is 0 Å². The topological polar surface area (TPSA) is 37.4 Å². The van der Waals surface area contributed by atoms with Gasteiger partial charge >= 0.3 is 0 Å². The number of benzene rings is 1. The van der Waals surface area contributed by atoms with Crippen molar-refractivity contribution in [3.05, 3.63) is 55.1 Å². The Hall–Kier alpha value is -1.99. The number of nitrogens with zero attached hydrogens (tertiary/aromatic N) is 1. The molecule has 1 aromatic rings. The van der Waals surface area contributed by atoms with E-state index in [9.17, 15) is 8.42 Å². The van der Waals surface area contributed by atoms with Crippen LogP contribution in [0.3, 0.4) is 0 Å². The molecule has 3 nitrogen and oxygen atoms in total. The van der Waals surface area contributed by atoms with Crippen LogP contribution in [0.2, 0.25) is 0 Å². The Balaban J connectivity index is 3.14. The summed E-state index contributed by atoms with van der Waals surface area (Å²) in [6.45, 7) is 9.24. The molecule has 0 bridgehead atoms. The van der Waals surface area contributed by atoms with Crippen LogP contribution in [0, 0.1) is 18.9 Å². The summed E-state index contributed by atoms with van der Waals surface area (Å²) in [6.07, 6.45) is 3.57. The minimum atomic E-state index is -3.60. The minimum absolute atomic E-state index is 0.237. The number of rotatable bonds is 5. The zero-order valence-corrected chi connectivity index (χ0v) is 11.8. The smallest absolute Gasteiger partial charge is 0.224 e. The van der Waals surface area contributed by atoms with Crippen molar-refractivity contribution in [3.63, 3.8) is 0 Å². The maximum atomic E-state index is 12.4. The van der Waals surface area contributed by atoms with E-state index in [1.165, 1.54) is 6.08 Å². The van der Waals surface area contributed by atoms with E-state index in [1.807, 2.05) is 6.92 Å². The van der Waals surface area contributed by atoms with E-state index >= 15 is 0 Å². The number of hydrogen-bond acceptors (Lipinski definition) is 2. The van der Waals surface area contributed by atoms with Crippen molar-refractivity contribution in [2.24, 2.45) is 0 Å². The van der Waals surface area contributed by atoms with Crippen molar-refractivity contribution in [2.75, 3.05) is 6.54 Å². The highest BCUT2D eigenvalue weighted by molar-refractivity contribution is 7.89. The van der Waals surface area contributed by atoms with Crippen LogP contribution in [0.5, 0.6) is 0 Å². The van der Waals surface area contributed by atoms with Crippen molar-refractivity contribution in [1.29, 1.82) is 0 Å². The number of sulfonamides is 1. The molecular formula is C15H17NO2S. The minimum Gasteiger partial charge on any atom is -0.224 e. The third-order valence-corrected chi connectivity index (χ3v) is 4.16. The molecule has 0 aliphatic heterocycles. The predicted molar refractivity (Wildman–Crippen MR) is 77.9 cm³/mol. The van der Waals surface area contributed by atoms with Gasteiger partial charge in [-0.05, 0) is 31.6 Å². The molecule has 0 atom stereocenters. The van der Waals surface area contributed by atoms with E-state index in [2.05, 4.69) is 25.1 Å². The highest BCUT2D eigenvalue weighted by Gasteiger charge is 2.21. The van der Waals surface area contributed by atoms with Gasteiger partial charge in [-0.1, -0.05) is 36.3 Å². The zero-order chi connectivity index (χ0) is 14.3. The standard InChI is InChI=1S/C15H17NO2S/c1-4-6-12-16(13-7-5-2)19(17,18)15-10-8-14(3)9-11-15/h4-5,8-11H,1-2,6,12H2,3H3. The zero-order valence-electron chi connectivity index (χ0n) is 11.0. The first-order valence-electron chi connectivity index (χ1n) is 5.84. The lowest BCUT2D eigenvalue weighted by Gasteiger charge is -2.17. The molecule has 0 fully saturated rings. The van der Waals surface area contributed by atoms with E-state index in [1.54, 1.807) is 30.3 Å². The molecule has 0 saturated carbocycles. The average Bonchev–Trinajstić information content (AvgIpc) is 2.39. The first-order valence-corrected chi connectivity index (χ1v) is 7.28. The quantitative estimate of drug-likeness (QED) is 0.471. The number of aryl methyl sites for hydroxylation is 1. The average molecular weight is 275 g/mol. The van der Waals surface area contributed by atoms with Gasteiger partial charge in [-0.3, -0.25) is 0 Å². The molecule has 100 valence electrons. The van der Waals surface area contributed by atoms with Gasteiger partial charge < -0.3 is 0 Å². The molecule has 0 saturated heterocycles. The fourth-order valence-corrected chi connectivity index (χ4v) is 2.65. The van der Waals surface area contributed by atoms with Gasteiger partial charge in [0.2, 0.25) is 0 Å². The maximum absolute atomic E-state index is 12.4. The first-order chi connectivity index (χ1) is 9.02. The highest BCUT2D eigenvalue weighted by atomic mass is 32.2. The fraction of sp³-hybridized carbons (Fsp3) is 0.200. The van der Waals surface area contributed by atoms with Gasteiger partial charge in [-0.15, -0.1) is 6.58 Å². The van der Waals surface area contributed by atoms with Crippen LogP contribution < -0.4 is 0 Å². The molecule has 1 aromatic carbocycles. The summed E-state index contributed by atoms with van der Waals surface area (Å²) >= 11 is 0. The Kier molecular flexibility index (Phi) is 5.40. The molecule has 4 heteroatoms. The highest BCUT2D eigenvalue weighted by Crippen LogP contribution is 2.16. The van der Waals surface area contributed by atoms with Crippen molar-refractivity contribution in [1.82, 2.24) is 4.31 Å². The van der Waals surface area contributed by atoms with Gasteiger partial charge in [-0.25, -0.2) is 12.7 Å². The SMILES string of the molecule is C=CC#CN(CCC=C)S(=O)(=O)c1ccc(C)cc1. The Bertz CT molecular complexity index is 604. The van der Waals surface area contributed by atoms with Gasteiger partial charge in [0.1, 0.15) is 0 Å². The molecule has 0 aliphatic rings. The second kappa shape index (κ2) is 6.81. The van der Waals surface area contributed by atoms with Crippen molar-refractivity contribution < 1.29 is 8.42 Å². The lowest BCUT2D eigenvalue weighted by Crippen LogP contribution is -2.27. The monoisotopic (exact) mass is 275 g/mol. The lowest BCUT2D eigenvalue weighted by molar-refractivity contribution is 0.514. The fourth-order valence-electron chi connectivity index (χ4n) is 1.40. The molecule has 0 N–H and O–H groups in total. The second-order valence-corrected chi connectivity index (χ2v) is 5.79. The van der Waals surface area contributed by atoms with Crippen LogP contribution in [0.4, 0.5) is 0 Å². The summed E-state index contributed by atoms with van der Waals surface area (Å²) in [5.41, 5.74) is 1.01. The Morgan fingerprint density at radius 3 is 2.42 bits per heavy atom.